The molecule has 1 aromatic heterocycles. The maximum absolute atomic E-state index is 10.4. The first-order chi connectivity index (χ1) is 10.1. The molecule has 2 aromatic rings. The van der Waals surface area contributed by atoms with E-state index in [2.05, 4.69) is 10.1 Å². The van der Waals surface area contributed by atoms with Gasteiger partial charge >= 0.3 is 5.97 Å². The number of aliphatic carboxylic acids is 1. The molecule has 6 heteroatoms. The molecule has 0 bridgehead atoms. The molecule has 0 saturated heterocycles. The van der Waals surface area contributed by atoms with E-state index in [1.54, 1.807) is 24.3 Å². The van der Waals surface area contributed by atoms with E-state index in [1.807, 2.05) is 18.5 Å². The van der Waals surface area contributed by atoms with Crippen LogP contribution in [0, 0.1) is 0 Å². The average molecular weight is 287 g/mol. The molecule has 0 saturated carbocycles. The van der Waals surface area contributed by atoms with Crippen molar-refractivity contribution in [2.45, 2.75) is 26.5 Å². The first kappa shape index (κ1) is 14.8. The van der Waals surface area contributed by atoms with Crippen molar-refractivity contribution in [1.82, 2.24) is 14.8 Å². The molecule has 0 radical (unpaired) electrons. The van der Waals surface area contributed by atoms with Crippen LogP contribution in [-0.2, 0) is 11.4 Å². The van der Waals surface area contributed by atoms with Gasteiger partial charge in [-0.25, -0.2) is 14.5 Å². The zero-order valence-corrected chi connectivity index (χ0v) is 11.9. The monoisotopic (exact) mass is 287 g/mol. The molecule has 1 aromatic carbocycles. The molecule has 2 rings (SSSR count). The number of nitrogens with zero attached hydrogens (tertiary/aromatic N) is 3. The van der Waals surface area contributed by atoms with Crippen LogP contribution in [0.2, 0.25) is 0 Å². The maximum atomic E-state index is 10.4. The van der Waals surface area contributed by atoms with Crippen LogP contribution in [0.15, 0.2) is 36.7 Å². The summed E-state index contributed by atoms with van der Waals surface area (Å²) >= 11 is 0. The van der Waals surface area contributed by atoms with Crippen molar-refractivity contribution in [2.24, 2.45) is 0 Å². The Morgan fingerprint density at radius 3 is 2.71 bits per heavy atom. The van der Waals surface area contributed by atoms with E-state index in [9.17, 15) is 4.79 Å². The highest BCUT2D eigenvalue weighted by molar-refractivity contribution is 5.85. The van der Waals surface area contributed by atoms with Crippen molar-refractivity contribution in [1.29, 1.82) is 0 Å². The lowest BCUT2D eigenvalue weighted by molar-refractivity contribution is -0.131. The third kappa shape index (κ3) is 4.17. The third-order valence-corrected chi connectivity index (χ3v) is 2.80. The molecule has 0 aliphatic carbocycles. The van der Waals surface area contributed by atoms with Crippen LogP contribution in [-0.4, -0.2) is 25.8 Å². The van der Waals surface area contributed by atoms with Crippen molar-refractivity contribution < 1.29 is 14.6 Å². The van der Waals surface area contributed by atoms with Gasteiger partial charge in [0.05, 0.1) is 0 Å². The second-order valence-corrected chi connectivity index (χ2v) is 4.74. The summed E-state index contributed by atoms with van der Waals surface area (Å²) < 4.78 is 7.47. The first-order valence-corrected chi connectivity index (χ1v) is 6.58. The summed E-state index contributed by atoms with van der Waals surface area (Å²) in [6.45, 7) is 4.39. The summed E-state index contributed by atoms with van der Waals surface area (Å²) in [5, 5.41) is 12.7. The predicted molar refractivity (Wildman–Crippen MR) is 77.9 cm³/mol. The van der Waals surface area contributed by atoms with Gasteiger partial charge in [0.2, 0.25) is 0 Å². The highest BCUT2D eigenvalue weighted by Gasteiger charge is 2.07. The molecule has 1 N–H and O–H groups in total. The van der Waals surface area contributed by atoms with E-state index >= 15 is 0 Å². The standard InChI is InChI=1S/C15H17N3O3/c1-11(2)18-14(16-10-17-18)9-21-13-6-3-12(4-7-13)5-8-15(19)20/h3-8,10-11H,9H2,1-2H3,(H,19,20). The van der Waals surface area contributed by atoms with Gasteiger partial charge < -0.3 is 9.84 Å². The topological polar surface area (TPSA) is 77.2 Å². The van der Waals surface area contributed by atoms with Crippen molar-refractivity contribution in [3.8, 4) is 5.75 Å². The molecule has 21 heavy (non-hydrogen) atoms. The first-order valence-electron chi connectivity index (χ1n) is 6.58. The molecule has 0 unspecified atom stereocenters. The van der Waals surface area contributed by atoms with Crippen LogP contribution >= 0.6 is 0 Å². The van der Waals surface area contributed by atoms with Gasteiger partial charge in [0.1, 0.15) is 18.7 Å². The molecule has 0 atom stereocenters. The van der Waals surface area contributed by atoms with Crippen LogP contribution in [0.1, 0.15) is 31.3 Å². The zero-order valence-electron chi connectivity index (χ0n) is 11.9. The van der Waals surface area contributed by atoms with Gasteiger partial charge in [0.15, 0.2) is 5.82 Å². The lowest BCUT2D eigenvalue weighted by Gasteiger charge is -2.10. The minimum atomic E-state index is -0.969. The fourth-order valence-corrected chi connectivity index (χ4v) is 1.80. The smallest absolute Gasteiger partial charge is 0.328 e. The number of benzene rings is 1. The van der Waals surface area contributed by atoms with Gasteiger partial charge in [-0.05, 0) is 37.6 Å². The van der Waals surface area contributed by atoms with Crippen LogP contribution in [0.4, 0.5) is 0 Å². The highest BCUT2D eigenvalue weighted by Crippen LogP contribution is 2.15. The van der Waals surface area contributed by atoms with Crippen molar-refractivity contribution >= 4 is 12.0 Å². The fraction of sp³-hybridized carbons (Fsp3) is 0.267. The second-order valence-electron chi connectivity index (χ2n) is 4.74. The van der Waals surface area contributed by atoms with Crippen LogP contribution in [0.3, 0.4) is 0 Å². The number of carboxylic acids is 1. The molecular formula is C15H17N3O3. The Hall–Kier alpha value is -2.63. The quantitative estimate of drug-likeness (QED) is 0.826. The Labute approximate surface area is 122 Å². The van der Waals surface area contributed by atoms with Gasteiger partial charge in [0, 0.05) is 12.1 Å². The summed E-state index contributed by atoms with van der Waals surface area (Å²) in [6, 6.07) is 7.40. The van der Waals surface area contributed by atoms with E-state index in [0.29, 0.717) is 12.4 Å². The molecular weight excluding hydrogens is 270 g/mol. The van der Waals surface area contributed by atoms with E-state index < -0.39 is 5.97 Å². The Bertz CT molecular complexity index is 630. The number of ether oxygens (including phenoxy) is 1. The normalized spacial score (nSPS) is 11.2. The second kappa shape index (κ2) is 6.69. The number of hydrogen-bond donors (Lipinski definition) is 1. The Morgan fingerprint density at radius 1 is 1.38 bits per heavy atom. The Balaban J connectivity index is 1.97. The molecule has 0 amide bonds. The molecule has 6 nitrogen and oxygen atoms in total. The maximum Gasteiger partial charge on any atom is 0.328 e. The van der Waals surface area contributed by atoms with E-state index in [-0.39, 0.29) is 6.04 Å². The average Bonchev–Trinajstić information content (AvgIpc) is 2.92. The molecule has 0 aliphatic heterocycles. The van der Waals surface area contributed by atoms with Gasteiger partial charge in [0.25, 0.3) is 0 Å². The number of rotatable bonds is 6. The zero-order chi connectivity index (χ0) is 15.2. The minimum absolute atomic E-state index is 0.231. The van der Waals surface area contributed by atoms with E-state index in [1.165, 1.54) is 12.4 Å². The fourth-order valence-electron chi connectivity index (χ4n) is 1.80. The number of carbonyl (C=O) groups is 1. The third-order valence-electron chi connectivity index (χ3n) is 2.80. The summed E-state index contributed by atoms with van der Waals surface area (Å²) in [5.41, 5.74) is 0.801. The molecule has 0 aliphatic rings. The van der Waals surface area contributed by atoms with Crippen LogP contribution in [0.5, 0.6) is 5.75 Å². The largest absolute Gasteiger partial charge is 0.486 e. The molecule has 0 spiro atoms. The Kier molecular flexibility index (Phi) is 4.71. The lowest BCUT2D eigenvalue weighted by Crippen LogP contribution is -2.10. The lowest BCUT2D eigenvalue weighted by atomic mass is 10.2. The van der Waals surface area contributed by atoms with Crippen molar-refractivity contribution in [3.05, 3.63) is 48.1 Å². The van der Waals surface area contributed by atoms with Gasteiger partial charge in [-0.3, -0.25) is 0 Å². The summed E-state index contributed by atoms with van der Waals surface area (Å²) in [4.78, 5) is 14.6. The van der Waals surface area contributed by atoms with Gasteiger partial charge in [-0.2, -0.15) is 5.10 Å². The predicted octanol–water partition coefficient (Wildman–Crippen LogP) is 2.54. The number of aromatic nitrogens is 3. The molecule has 110 valence electrons. The van der Waals surface area contributed by atoms with E-state index in [0.717, 1.165) is 17.5 Å². The summed E-state index contributed by atoms with van der Waals surface area (Å²) in [5.74, 6) is 0.490. The van der Waals surface area contributed by atoms with Crippen molar-refractivity contribution in [2.75, 3.05) is 0 Å². The SMILES string of the molecule is CC(C)n1ncnc1COc1ccc(C=CC(=O)O)cc1. The van der Waals surface area contributed by atoms with E-state index in [4.69, 9.17) is 9.84 Å². The van der Waals surface area contributed by atoms with Crippen LogP contribution < -0.4 is 4.74 Å². The summed E-state index contributed by atoms with van der Waals surface area (Å²) in [7, 11) is 0. The number of hydrogen-bond acceptors (Lipinski definition) is 4. The molecule has 1 heterocycles. The molecule has 0 fully saturated rings. The Morgan fingerprint density at radius 2 is 2.10 bits per heavy atom. The van der Waals surface area contributed by atoms with Crippen molar-refractivity contribution in [3.63, 3.8) is 0 Å². The summed E-state index contributed by atoms with van der Waals surface area (Å²) in [6.07, 6.45) is 4.14. The van der Waals surface area contributed by atoms with Gasteiger partial charge in [-0.15, -0.1) is 0 Å². The van der Waals surface area contributed by atoms with Crippen LogP contribution in [0.25, 0.3) is 6.08 Å². The van der Waals surface area contributed by atoms with Gasteiger partial charge in [-0.1, -0.05) is 12.1 Å². The highest BCUT2D eigenvalue weighted by atomic mass is 16.5. The minimum Gasteiger partial charge on any atom is -0.486 e. The number of carboxylic acid groups (broad SMARTS) is 1.